The molecular weight excluding hydrogens is 564 g/mol. The summed E-state index contributed by atoms with van der Waals surface area (Å²) in [6, 6.07) is 25.9. The quantitative estimate of drug-likeness (QED) is 0.340. The Morgan fingerprint density at radius 3 is 2.03 bits per heavy atom. The van der Waals surface area contributed by atoms with Gasteiger partial charge in [0, 0.05) is 21.4 Å². The second kappa shape index (κ2) is 8.93. The normalized spacial score (nSPS) is 19.6. The van der Waals surface area contributed by atoms with Gasteiger partial charge in [-0.3, -0.25) is 4.79 Å². The summed E-state index contributed by atoms with van der Waals surface area (Å²) in [5.41, 5.74) is 3.57. The molecule has 0 aromatic heterocycles. The number of carbonyl (C=O) groups is 1. The number of hydrogen-bond acceptors (Lipinski definition) is 6. The van der Waals surface area contributed by atoms with Gasteiger partial charge in [-0.05, 0) is 72.4 Å². The molecule has 2 aliphatic rings. The fourth-order valence-electron chi connectivity index (χ4n) is 3.63. The number of ketones is 1. The van der Waals surface area contributed by atoms with E-state index in [1.54, 1.807) is 6.92 Å². The predicted octanol–water partition coefficient (Wildman–Crippen LogP) is 6.80. The first-order valence-corrected chi connectivity index (χ1v) is 12.6. The Kier molecular flexibility index (Phi) is 5.99. The monoisotopic (exact) mass is 580 g/mol. The van der Waals surface area contributed by atoms with Crippen LogP contribution in [-0.2, 0) is 4.79 Å². The van der Waals surface area contributed by atoms with Crippen molar-refractivity contribution in [3.63, 3.8) is 0 Å². The maximum Gasteiger partial charge on any atom is 0.227 e. The highest BCUT2D eigenvalue weighted by Crippen LogP contribution is 2.48. The van der Waals surface area contributed by atoms with Gasteiger partial charge in [-0.1, -0.05) is 62.2 Å². The Labute approximate surface area is 213 Å². The first-order chi connectivity index (χ1) is 16.0. The van der Waals surface area contributed by atoms with Gasteiger partial charge in [0.25, 0.3) is 0 Å². The first kappa shape index (κ1) is 22.1. The number of hydrazone groups is 2. The Morgan fingerprint density at radius 2 is 1.39 bits per heavy atom. The van der Waals surface area contributed by atoms with Crippen LogP contribution in [0.25, 0.3) is 0 Å². The second-order valence-corrected chi connectivity index (χ2v) is 10.5. The molecule has 0 amide bonds. The van der Waals surface area contributed by atoms with Crippen LogP contribution in [0.4, 0.5) is 11.4 Å². The highest BCUT2D eigenvalue weighted by molar-refractivity contribution is 9.10. The molecule has 164 valence electrons. The van der Waals surface area contributed by atoms with Crippen LogP contribution in [0.3, 0.4) is 0 Å². The van der Waals surface area contributed by atoms with Crippen molar-refractivity contribution in [3.05, 3.63) is 106 Å². The van der Waals surface area contributed by atoms with Crippen molar-refractivity contribution in [3.8, 4) is 0 Å². The van der Waals surface area contributed by atoms with E-state index in [1.165, 1.54) is 11.8 Å². The van der Waals surface area contributed by atoms with Crippen LogP contribution in [0.15, 0.2) is 110 Å². The molecule has 0 aliphatic carbocycles. The summed E-state index contributed by atoms with van der Waals surface area (Å²) in [5, 5.41) is 14.0. The van der Waals surface area contributed by atoms with Crippen LogP contribution in [0.1, 0.15) is 12.5 Å². The van der Waals surface area contributed by atoms with Crippen molar-refractivity contribution in [1.82, 2.24) is 0 Å². The van der Waals surface area contributed by atoms with Crippen LogP contribution >= 0.6 is 43.6 Å². The number of allylic oxidation sites excluding steroid dienone is 1. The molecule has 0 unspecified atom stereocenters. The number of carbonyl (C=O) groups excluding carboxylic acids is 1. The largest absolute Gasteiger partial charge is 0.292 e. The lowest BCUT2D eigenvalue weighted by Crippen LogP contribution is -2.53. The van der Waals surface area contributed by atoms with Gasteiger partial charge in [0.1, 0.15) is 0 Å². The third kappa shape index (κ3) is 4.18. The number of halogens is 2. The Balaban J connectivity index is 1.67. The second-order valence-electron chi connectivity index (χ2n) is 7.48. The number of hydrogen-bond donors (Lipinski definition) is 0. The maximum absolute atomic E-state index is 12.4. The number of Topliss-reactive ketones (excluding diaryl/α,β-unsaturated/α-hetero) is 1. The van der Waals surface area contributed by atoms with Gasteiger partial charge in [0.15, 0.2) is 10.8 Å². The van der Waals surface area contributed by atoms with E-state index in [0.717, 1.165) is 31.6 Å². The molecule has 0 fully saturated rings. The van der Waals surface area contributed by atoms with Crippen molar-refractivity contribution in [1.29, 1.82) is 0 Å². The first-order valence-electron chi connectivity index (χ1n) is 10.2. The van der Waals surface area contributed by atoms with Crippen LogP contribution in [0.5, 0.6) is 0 Å². The minimum atomic E-state index is -0.866. The van der Waals surface area contributed by atoms with Crippen molar-refractivity contribution in [2.45, 2.75) is 11.9 Å². The minimum Gasteiger partial charge on any atom is -0.292 e. The Morgan fingerprint density at radius 1 is 0.818 bits per heavy atom. The Bertz CT molecular complexity index is 1290. The van der Waals surface area contributed by atoms with E-state index >= 15 is 0 Å². The summed E-state index contributed by atoms with van der Waals surface area (Å²) in [5.74, 6) is -0.0805. The fraction of sp³-hybridized carbons (Fsp3) is 0.0800. The van der Waals surface area contributed by atoms with Crippen molar-refractivity contribution < 1.29 is 4.79 Å². The zero-order valence-electron chi connectivity index (χ0n) is 17.5. The van der Waals surface area contributed by atoms with Gasteiger partial charge < -0.3 is 0 Å². The molecular formula is C25H18Br2N4OS. The molecule has 8 heteroatoms. The van der Waals surface area contributed by atoms with E-state index in [-0.39, 0.29) is 5.78 Å². The topological polar surface area (TPSA) is 48.3 Å². The highest BCUT2D eigenvalue weighted by Gasteiger charge is 2.50. The van der Waals surface area contributed by atoms with Crippen LogP contribution < -0.4 is 10.0 Å². The van der Waals surface area contributed by atoms with Gasteiger partial charge in [-0.15, -0.1) is 0 Å². The average molecular weight is 582 g/mol. The highest BCUT2D eigenvalue weighted by atomic mass is 79.9. The van der Waals surface area contributed by atoms with E-state index < -0.39 is 4.99 Å². The van der Waals surface area contributed by atoms with E-state index in [2.05, 4.69) is 37.9 Å². The van der Waals surface area contributed by atoms with E-state index in [1.807, 2.05) is 95.0 Å². The zero-order chi connectivity index (χ0) is 23.0. The van der Waals surface area contributed by atoms with Crippen molar-refractivity contribution in [2.75, 3.05) is 10.0 Å². The number of rotatable bonds is 4. The molecule has 5 nitrogen and oxygen atoms in total. The van der Waals surface area contributed by atoms with Gasteiger partial charge in [-0.2, -0.15) is 10.2 Å². The number of thioether (sulfide) groups is 1. The number of benzene rings is 3. The summed E-state index contributed by atoms with van der Waals surface area (Å²) < 4.78 is 1.98. The van der Waals surface area contributed by atoms with Gasteiger partial charge in [-0.25, -0.2) is 10.0 Å². The number of anilines is 2. The average Bonchev–Trinajstić information content (AvgIpc) is 3.21. The zero-order valence-corrected chi connectivity index (χ0v) is 21.5. The molecule has 0 N–H and O–H groups in total. The third-order valence-electron chi connectivity index (χ3n) is 5.22. The molecule has 5 rings (SSSR count). The molecule has 33 heavy (non-hydrogen) atoms. The fourth-order valence-corrected chi connectivity index (χ4v) is 5.31. The van der Waals surface area contributed by atoms with Crippen molar-refractivity contribution in [2.24, 2.45) is 10.2 Å². The summed E-state index contributed by atoms with van der Waals surface area (Å²) >= 11 is 8.39. The van der Waals surface area contributed by atoms with E-state index in [0.29, 0.717) is 5.04 Å². The summed E-state index contributed by atoms with van der Waals surface area (Å²) in [4.78, 5) is 11.5. The maximum atomic E-state index is 12.4. The standard InChI is InChI=1S/C25H18Br2N4OS/c1-17(32)24-29-31(22-13-11-20(27)12-14-22)25(33-24)16-15-23(18-7-9-19(26)10-8-18)28-30(25)21-5-3-2-4-6-21/h2-16H,1H3/t25-/m0/s1. The van der Waals surface area contributed by atoms with Crippen LogP contribution in [0.2, 0.25) is 0 Å². The third-order valence-corrected chi connectivity index (χ3v) is 7.63. The lowest BCUT2D eigenvalue weighted by molar-refractivity contribution is -0.110. The molecule has 3 aromatic rings. The molecule has 3 aromatic carbocycles. The molecule has 0 saturated heterocycles. The van der Waals surface area contributed by atoms with Crippen molar-refractivity contribution >= 4 is 71.5 Å². The lowest BCUT2D eigenvalue weighted by atomic mass is 10.1. The van der Waals surface area contributed by atoms with Gasteiger partial charge in [0.05, 0.1) is 17.1 Å². The van der Waals surface area contributed by atoms with Gasteiger partial charge >= 0.3 is 0 Å². The summed E-state index contributed by atoms with van der Waals surface area (Å²) in [6.45, 7) is 1.54. The van der Waals surface area contributed by atoms with Crippen LogP contribution in [-0.4, -0.2) is 21.5 Å². The van der Waals surface area contributed by atoms with Crippen LogP contribution in [0, 0.1) is 0 Å². The summed E-state index contributed by atoms with van der Waals surface area (Å²) in [7, 11) is 0. The molecule has 2 heterocycles. The molecule has 0 bridgehead atoms. The Hall–Kier alpha value is -2.68. The van der Waals surface area contributed by atoms with Gasteiger partial charge in [0.2, 0.25) is 4.99 Å². The molecule has 1 atom stereocenters. The smallest absolute Gasteiger partial charge is 0.227 e. The number of para-hydroxylation sites is 1. The minimum absolute atomic E-state index is 0.0805. The van der Waals surface area contributed by atoms with E-state index in [9.17, 15) is 4.79 Å². The number of nitrogens with zero attached hydrogens (tertiary/aromatic N) is 4. The molecule has 1 spiro atoms. The molecule has 0 saturated carbocycles. The lowest BCUT2D eigenvalue weighted by Gasteiger charge is -2.43. The summed E-state index contributed by atoms with van der Waals surface area (Å²) in [6.07, 6.45) is 4.07. The van der Waals surface area contributed by atoms with E-state index in [4.69, 9.17) is 10.2 Å². The predicted molar refractivity (Wildman–Crippen MR) is 144 cm³/mol. The molecule has 0 radical (unpaired) electrons. The molecule has 2 aliphatic heterocycles. The SMILES string of the molecule is CC(=O)C1=NN(c2ccc(Br)cc2)[C@@]2(C=CC(c3ccc(Br)cc3)=NN2c2ccccc2)S1.